The number of rotatable bonds is 4. The van der Waals surface area contributed by atoms with Gasteiger partial charge in [-0.2, -0.15) is 0 Å². The van der Waals surface area contributed by atoms with E-state index >= 15 is 0 Å². The largest absolute Gasteiger partial charge is 0.444 e. The van der Waals surface area contributed by atoms with Crippen LogP contribution in [-0.4, -0.2) is 42.7 Å². The minimum Gasteiger partial charge on any atom is -0.444 e. The van der Waals surface area contributed by atoms with Gasteiger partial charge in [0.05, 0.1) is 26.0 Å². The highest BCUT2D eigenvalue weighted by molar-refractivity contribution is 4.93. The summed E-state index contributed by atoms with van der Waals surface area (Å²) in [6.07, 6.45) is 2.55. The van der Waals surface area contributed by atoms with E-state index in [2.05, 4.69) is 9.88 Å². The smallest absolute Gasteiger partial charge is 0.195 e. The Hall–Kier alpha value is -0.910. The Kier molecular flexibility index (Phi) is 3.71. The van der Waals surface area contributed by atoms with Gasteiger partial charge in [-0.1, -0.05) is 0 Å². The van der Waals surface area contributed by atoms with E-state index in [9.17, 15) is 0 Å². The molecule has 0 bridgehead atoms. The second-order valence-electron chi connectivity index (χ2n) is 3.63. The molecular formula is C10H17N3O2. The van der Waals surface area contributed by atoms with Crippen molar-refractivity contribution >= 4 is 0 Å². The van der Waals surface area contributed by atoms with Gasteiger partial charge in [-0.3, -0.25) is 4.90 Å². The first-order valence-electron chi connectivity index (χ1n) is 5.32. The number of hydrogen-bond donors (Lipinski definition) is 1. The van der Waals surface area contributed by atoms with Crippen molar-refractivity contribution in [1.29, 1.82) is 0 Å². The van der Waals surface area contributed by atoms with Crippen LogP contribution >= 0.6 is 0 Å². The molecule has 1 aliphatic heterocycles. The second-order valence-corrected chi connectivity index (χ2v) is 3.63. The lowest BCUT2D eigenvalue weighted by Gasteiger charge is -2.25. The molecule has 0 aliphatic carbocycles. The first-order valence-corrected chi connectivity index (χ1v) is 5.32. The van der Waals surface area contributed by atoms with Crippen molar-refractivity contribution < 1.29 is 9.15 Å². The van der Waals surface area contributed by atoms with E-state index in [0.29, 0.717) is 6.54 Å². The maximum Gasteiger partial charge on any atom is 0.195 e. The normalized spacial score (nSPS) is 18.2. The minimum absolute atomic E-state index is 0.421. The number of ether oxygens (including phenoxy) is 1. The summed E-state index contributed by atoms with van der Waals surface area (Å²) in [6.45, 7) is 5.08. The fourth-order valence-electron chi connectivity index (χ4n) is 1.64. The molecule has 0 spiro atoms. The van der Waals surface area contributed by atoms with Gasteiger partial charge < -0.3 is 14.9 Å². The highest BCUT2D eigenvalue weighted by Crippen LogP contribution is 2.05. The standard InChI is InChI=1S/C10H17N3O2/c11-7-9-8-12-10(15-9)1-2-13-3-5-14-6-4-13/h8H,1-7,11H2. The number of nitrogens with zero attached hydrogens (tertiary/aromatic N) is 2. The number of hydrogen-bond acceptors (Lipinski definition) is 5. The molecule has 1 aromatic heterocycles. The van der Waals surface area contributed by atoms with Crippen LogP contribution < -0.4 is 5.73 Å². The summed E-state index contributed by atoms with van der Waals surface area (Å²) in [5.41, 5.74) is 5.44. The van der Waals surface area contributed by atoms with E-state index in [-0.39, 0.29) is 0 Å². The van der Waals surface area contributed by atoms with Gasteiger partial charge >= 0.3 is 0 Å². The van der Waals surface area contributed by atoms with Crippen LogP contribution in [0.1, 0.15) is 11.7 Å². The molecule has 1 fully saturated rings. The molecule has 0 atom stereocenters. The Morgan fingerprint density at radius 1 is 1.40 bits per heavy atom. The predicted octanol–water partition coefficient (Wildman–Crippen LogP) is 0.00800. The lowest BCUT2D eigenvalue weighted by atomic mass is 10.3. The quantitative estimate of drug-likeness (QED) is 0.760. The average molecular weight is 211 g/mol. The molecule has 0 amide bonds. The summed E-state index contributed by atoms with van der Waals surface area (Å²) in [6, 6.07) is 0. The van der Waals surface area contributed by atoms with Crippen molar-refractivity contribution in [3.8, 4) is 0 Å². The van der Waals surface area contributed by atoms with E-state index in [1.807, 2.05) is 0 Å². The van der Waals surface area contributed by atoms with Crippen molar-refractivity contribution in [2.24, 2.45) is 5.73 Å². The molecule has 0 saturated carbocycles. The van der Waals surface area contributed by atoms with Crippen LogP contribution in [0, 0.1) is 0 Å². The number of nitrogens with two attached hydrogens (primary N) is 1. The zero-order valence-electron chi connectivity index (χ0n) is 8.82. The molecule has 5 nitrogen and oxygen atoms in total. The van der Waals surface area contributed by atoms with Crippen LogP contribution in [0.4, 0.5) is 0 Å². The summed E-state index contributed by atoms with van der Waals surface area (Å²) < 4.78 is 10.7. The molecule has 84 valence electrons. The summed E-state index contributed by atoms with van der Waals surface area (Å²) in [4.78, 5) is 6.52. The number of oxazole rings is 1. The maximum atomic E-state index is 5.44. The van der Waals surface area contributed by atoms with Crippen molar-refractivity contribution in [2.75, 3.05) is 32.8 Å². The lowest BCUT2D eigenvalue weighted by Crippen LogP contribution is -2.37. The monoisotopic (exact) mass is 211 g/mol. The van der Waals surface area contributed by atoms with E-state index in [1.165, 1.54) is 0 Å². The molecule has 2 heterocycles. The molecule has 1 aliphatic rings. The van der Waals surface area contributed by atoms with Crippen LogP contribution in [0.3, 0.4) is 0 Å². The molecule has 0 radical (unpaired) electrons. The van der Waals surface area contributed by atoms with Gasteiger partial charge in [0.25, 0.3) is 0 Å². The number of aromatic nitrogens is 1. The second kappa shape index (κ2) is 5.25. The Morgan fingerprint density at radius 2 is 2.20 bits per heavy atom. The topological polar surface area (TPSA) is 64.5 Å². The van der Waals surface area contributed by atoms with Crippen molar-refractivity contribution in [1.82, 2.24) is 9.88 Å². The third kappa shape index (κ3) is 3.02. The van der Waals surface area contributed by atoms with Gasteiger partial charge in [0.15, 0.2) is 5.89 Å². The van der Waals surface area contributed by atoms with Crippen molar-refractivity contribution in [3.63, 3.8) is 0 Å². The first-order chi connectivity index (χ1) is 7.38. The Morgan fingerprint density at radius 3 is 2.87 bits per heavy atom. The fraction of sp³-hybridized carbons (Fsp3) is 0.700. The van der Waals surface area contributed by atoms with Gasteiger partial charge in [-0.15, -0.1) is 0 Å². The molecule has 1 aromatic rings. The first kappa shape index (κ1) is 10.6. The molecule has 0 unspecified atom stereocenters. The molecule has 2 N–H and O–H groups in total. The van der Waals surface area contributed by atoms with Crippen molar-refractivity contribution in [3.05, 3.63) is 17.8 Å². The van der Waals surface area contributed by atoms with E-state index in [0.717, 1.165) is 50.9 Å². The van der Waals surface area contributed by atoms with Gasteiger partial charge in [-0.25, -0.2) is 4.98 Å². The number of morpholine rings is 1. The minimum atomic E-state index is 0.421. The maximum absolute atomic E-state index is 5.44. The summed E-state index contributed by atoms with van der Waals surface area (Å²) >= 11 is 0. The molecule has 1 saturated heterocycles. The molecular weight excluding hydrogens is 194 g/mol. The molecule has 15 heavy (non-hydrogen) atoms. The molecule has 0 aromatic carbocycles. The van der Waals surface area contributed by atoms with Crippen LogP contribution in [0.25, 0.3) is 0 Å². The van der Waals surface area contributed by atoms with E-state index in [4.69, 9.17) is 14.9 Å². The fourth-order valence-corrected chi connectivity index (χ4v) is 1.64. The third-order valence-corrected chi connectivity index (χ3v) is 2.55. The SMILES string of the molecule is NCc1cnc(CCN2CCOCC2)o1. The molecule has 5 heteroatoms. The van der Waals surface area contributed by atoms with Gasteiger partial charge in [0.1, 0.15) is 5.76 Å². The predicted molar refractivity (Wildman–Crippen MR) is 55.4 cm³/mol. The Balaban J connectivity index is 1.76. The molecule has 2 rings (SSSR count). The van der Waals surface area contributed by atoms with Gasteiger partial charge in [0, 0.05) is 26.1 Å². The van der Waals surface area contributed by atoms with Crippen LogP contribution in [-0.2, 0) is 17.7 Å². The Bertz CT molecular complexity index is 295. The highest BCUT2D eigenvalue weighted by Gasteiger charge is 2.11. The summed E-state index contributed by atoms with van der Waals surface area (Å²) in [7, 11) is 0. The zero-order valence-corrected chi connectivity index (χ0v) is 8.82. The Labute approximate surface area is 89.2 Å². The van der Waals surface area contributed by atoms with Crippen LogP contribution in [0.15, 0.2) is 10.6 Å². The third-order valence-electron chi connectivity index (χ3n) is 2.55. The summed E-state index contributed by atoms with van der Waals surface area (Å²) in [5.74, 6) is 1.54. The van der Waals surface area contributed by atoms with E-state index < -0.39 is 0 Å². The highest BCUT2D eigenvalue weighted by atomic mass is 16.5. The average Bonchev–Trinajstić information content (AvgIpc) is 2.76. The zero-order chi connectivity index (χ0) is 10.5. The summed E-state index contributed by atoms with van der Waals surface area (Å²) in [5, 5.41) is 0. The lowest BCUT2D eigenvalue weighted by molar-refractivity contribution is 0.0377. The van der Waals surface area contributed by atoms with E-state index in [1.54, 1.807) is 6.20 Å². The van der Waals surface area contributed by atoms with Gasteiger partial charge in [0.2, 0.25) is 0 Å². The van der Waals surface area contributed by atoms with Gasteiger partial charge in [-0.05, 0) is 0 Å². The van der Waals surface area contributed by atoms with Crippen molar-refractivity contribution in [2.45, 2.75) is 13.0 Å². The van der Waals surface area contributed by atoms with Crippen LogP contribution in [0.5, 0.6) is 0 Å². The van der Waals surface area contributed by atoms with Crippen LogP contribution in [0.2, 0.25) is 0 Å².